The molecular formula is C17H19BrO. The van der Waals surface area contributed by atoms with Gasteiger partial charge in [0.25, 0.3) is 0 Å². The minimum absolute atomic E-state index is 0.572. The summed E-state index contributed by atoms with van der Waals surface area (Å²) in [4.78, 5) is 0. The lowest BCUT2D eigenvalue weighted by atomic mass is 10.0. The minimum Gasteiger partial charge on any atom is -0.489 e. The Hall–Kier alpha value is -1.28. The average Bonchev–Trinajstić information content (AvgIpc) is 2.40. The maximum Gasteiger partial charge on any atom is 0.123 e. The lowest BCUT2D eigenvalue weighted by Gasteiger charge is -2.11. The number of halogens is 1. The van der Waals surface area contributed by atoms with Gasteiger partial charge in [-0.25, -0.2) is 0 Å². The van der Waals surface area contributed by atoms with Gasteiger partial charge >= 0.3 is 0 Å². The van der Waals surface area contributed by atoms with Crippen molar-refractivity contribution in [3.63, 3.8) is 0 Å². The molecule has 2 aromatic rings. The van der Waals surface area contributed by atoms with E-state index >= 15 is 0 Å². The summed E-state index contributed by atoms with van der Waals surface area (Å²) < 4.78 is 6.92. The van der Waals surface area contributed by atoms with E-state index in [1.807, 2.05) is 12.1 Å². The minimum atomic E-state index is 0.572. The summed E-state index contributed by atoms with van der Waals surface area (Å²) in [7, 11) is 0. The highest BCUT2D eigenvalue weighted by molar-refractivity contribution is 9.10. The molecule has 2 aromatic carbocycles. The van der Waals surface area contributed by atoms with Crippen LogP contribution < -0.4 is 4.74 Å². The Morgan fingerprint density at radius 3 is 2.37 bits per heavy atom. The zero-order valence-corrected chi connectivity index (χ0v) is 13.2. The van der Waals surface area contributed by atoms with Crippen molar-refractivity contribution in [2.45, 2.75) is 33.3 Å². The van der Waals surface area contributed by atoms with Gasteiger partial charge in [0.15, 0.2) is 0 Å². The molecule has 2 rings (SSSR count). The zero-order chi connectivity index (χ0) is 13.8. The van der Waals surface area contributed by atoms with Gasteiger partial charge in [0.1, 0.15) is 12.4 Å². The van der Waals surface area contributed by atoms with Crippen LogP contribution in [-0.2, 0) is 6.61 Å². The van der Waals surface area contributed by atoms with Gasteiger partial charge in [-0.15, -0.1) is 0 Å². The lowest BCUT2D eigenvalue weighted by Crippen LogP contribution is -1.97. The van der Waals surface area contributed by atoms with E-state index in [4.69, 9.17) is 4.74 Å². The first-order valence-electron chi connectivity index (χ1n) is 6.54. The molecule has 0 N–H and O–H groups in total. The molecule has 0 aromatic heterocycles. The first-order chi connectivity index (χ1) is 9.06. The molecule has 0 aliphatic rings. The van der Waals surface area contributed by atoms with Crippen LogP contribution in [0.4, 0.5) is 0 Å². The summed E-state index contributed by atoms with van der Waals surface area (Å²) >= 11 is 3.47. The molecule has 0 radical (unpaired) electrons. The molecule has 0 amide bonds. The molecule has 0 heterocycles. The molecule has 0 aliphatic heterocycles. The van der Waals surface area contributed by atoms with Crippen LogP contribution in [0.25, 0.3) is 0 Å². The maximum absolute atomic E-state index is 5.87. The number of ether oxygens (including phenoxy) is 1. The highest BCUT2D eigenvalue weighted by Crippen LogP contribution is 2.24. The molecule has 0 saturated heterocycles. The van der Waals surface area contributed by atoms with Crippen molar-refractivity contribution in [2.75, 3.05) is 0 Å². The van der Waals surface area contributed by atoms with E-state index in [0.29, 0.717) is 12.5 Å². The second-order valence-corrected chi connectivity index (χ2v) is 6.01. The quantitative estimate of drug-likeness (QED) is 0.727. The third-order valence-corrected chi connectivity index (χ3v) is 3.68. The summed E-state index contributed by atoms with van der Waals surface area (Å²) in [5, 5.41) is 0. The van der Waals surface area contributed by atoms with Crippen LogP contribution in [0.1, 0.15) is 36.5 Å². The molecule has 0 bridgehead atoms. The number of rotatable bonds is 4. The SMILES string of the molecule is Cc1ccc(Br)cc1OCc1ccc(C(C)C)cc1. The summed E-state index contributed by atoms with van der Waals surface area (Å²) in [6.45, 7) is 7.08. The van der Waals surface area contributed by atoms with E-state index in [-0.39, 0.29) is 0 Å². The molecular weight excluding hydrogens is 300 g/mol. The molecule has 0 unspecified atom stereocenters. The topological polar surface area (TPSA) is 9.23 Å². The second kappa shape index (κ2) is 6.25. The Bertz CT molecular complexity index is 544. The first kappa shape index (κ1) is 14.1. The van der Waals surface area contributed by atoms with Crippen LogP contribution in [-0.4, -0.2) is 0 Å². The Morgan fingerprint density at radius 1 is 1.05 bits per heavy atom. The predicted molar refractivity (Wildman–Crippen MR) is 83.7 cm³/mol. The molecule has 0 saturated carbocycles. The molecule has 0 spiro atoms. The monoisotopic (exact) mass is 318 g/mol. The van der Waals surface area contributed by atoms with Crippen LogP contribution in [0.5, 0.6) is 5.75 Å². The van der Waals surface area contributed by atoms with Gasteiger partial charge in [-0.05, 0) is 41.7 Å². The fourth-order valence-electron chi connectivity index (χ4n) is 1.89. The molecule has 0 atom stereocenters. The number of hydrogen-bond acceptors (Lipinski definition) is 1. The fourth-order valence-corrected chi connectivity index (χ4v) is 2.23. The number of aryl methyl sites for hydroxylation is 1. The highest BCUT2D eigenvalue weighted by Gasteiger charge is 2.02. The number of hydrogen-bond donors (Lipinski definition) is 0. The molecule has 0 aliphatic carbocycles. The lowest BCUT2D eigenvalue weighted by molar-refractivity contribution is 0.304. The zero-order valence-electron chi connectivity index (χ0n) is 11.6. The van der Waals surface area contributed by atoms with Gasteiger partial charge in [-0.1, -0.05) is 60.1 Å². The summed E-state index contributed by atoms with van der Waals surface area (Å²) in [6, 6.07) is 14.7. The molecule has 2 heteroatoms. The summed E-state index contributed by atoms with van der Waals surface area (Å²) in [6.07, 6.45) is 0. The third-order valence-electron chi connectivity index (χ3n) is 3.19. The van der Waals surface area contributed by atoms with Crippen LogP contribution >= 0.6 is 15.9 Å². The van der Waals surface area contributed by atoms with Gasteiger partial charge < -0.3 is 4.74 Å². The van der Waals surface area contributed by atoms with Gasteiger partial charge in [0.05, 0.1) is 0 Å². The third kappa shape index (κ3) is 3.84. The predicted octanol–water partition coefficient (Wildman–Crippen LogP) is 5.46. The van der Waals surface area contributed by atoms with E-state index in [9.17, 15) is 0 Å². The standard InChI is InChI=1S/C17H19BrO/c1-12(2)15-7-5-14(6-8-15)11-19-17-10-16(18)9-4-13(17)3/h4-10,12H,11H2,1-3H3. The Morgan fingerprint density at radius 2 is 1.74 bits per heavy atom. The smallest absolute Gasteiger partial charge is 0.123 e. The first-order valence-corrected chi connectivity index (χ1v) is 7.33. The Labute approximate surface area is 123 Å². The van der Waals surface area contributed by atoms with Crippen molar-refractivity contribution in [3.05, 3.63) is 63.6 Å². The van der Waals surface area contributed by atoms with E-state index in [1.165, 1.54) is 11.1 Å². The fraction of sp³-hybridized carbons (Fsp3) is 0.294. The summed E-state index contributed by atoms with van der Waals surface area (Å²) in [5.74, 6) is 1.50. The number of benzene rings is 2. The van der Waals surface area contributed by atoms with Gasteiger partial charge in [-0.3, -0.25) is 0 Å². The van der Waals surface area contributed by atoms with Crippen LogP contribution in [0.2, 0.25) is 0 Å². The molecule has 100 valence electrons. The van der Waals surface area contributed by atoms with Crippen molar-refractivity contribution < 1.29 is 4.74 Å². The van der Waals surface area contributed by atoms with E-state index < -0.39 is 0 Å². The van der Waals surface area contributed by atoms with Crippen molar-refractivity contribution in [1.82, 2.24) is 0 Å². The highest BCUT2D eigenvalue weighted by atomic mass is 79.9. The Balaban J connectivity index is 2.04. The Kier molecular flexibility index (Phi) is 4.65. The van der Waals surface area contributed by atoms with Gasteiger partial charge in [0.2, 0.25) is 0 Å². The van der Waals surface area contributed by atoms with Crippen LogP contribution in [0.15, 0.2) is 46.9 Å². The van der Waals surface area contributed by atoms with E-state index in [2.05, 4.69) is 67.0 Å². The van der Waals surface area contributed by atoms with E-state index in [1.54, 1.807) is 0 Å². The van der Waals surface area contributed by atoms with Crippen LogP contribution in [0.3, 0.4) is 0 Å². The van der Waals surface area contributed by atoms with Gasteiger partial charge in [-0.2, -0.15) is 0 Å². The largest absolute Gasteiger partial charge is 0.489 e. The van der Waals surface area contributed by atoms with Crippen molar-refractivity contribution >= 4 is 15.9 Å². The van der Waals surface area contributed by atoms with Gasteiger partial charge in [0, 0.05) is 4.47 Å². The molecule has 19 heavy (non-hydrogen) atoms. The molecule has 1 nitrogen and oxygen atoms in total. The van der Waals surface area contributed by atoms with Crippen molar-refractivity contribution in [2.24, 2.45) is 0 Å². The average molecular weight is 319 g/mol. The van der Waals surface area contributed by atoms with Crippen molar-refractivity contribution in [1.29, 1.82) is 0 Å². The van der Waals surface area contributed by atoms with E-state index in [0.717, 1.165) is 15.8 Å². The molecule has 0 fully saturated rings. The van der Waals surface area contributed by atoms with Crippen LogP contribution in [0, 0.1) is 6.92 Å². The normalized spacial score (nSPS) is 10.8. The maximum atomic E-state index is 5.87. The second-order valence-electron chi connectivity index (χ2n) is 5.09. The summed E-state index contributed by atoms with van der Waals surface area (Å²) in [5.41, 5.74) is 3.72. The van der Waals surface area contributed by atoms with Crippen molar-refractivity contribution in [3.8, 4) is 5.75 Å².